The molecular formula is C15H11BrN2O2. The molecular weight excluding hydrogens is 320 g/mol. The van der Waals surface area contributed by atoms with Gasteiger partial charge in [0.15, 0.2) is 0 Å². The molecule has 0 bridgehead atoms. The van der Waals surface area contributed by atoms with Crippen molar-refractivity contribution in [3.05, 3.63) is 57.3 Å². The second kappa shape index (κ2) is 4.52. The average Bonchev–Trinajstić information content (AvgIpc) is 2.64. The van der Waals surface area contributed by atoms with Gasteiger partial charge in [0.25, 0.3) is 11.8 Å². The van der Waals surface area contributed by atoms with Crippen LogP contribution in [-0.4, -0.2) is 16.8 Å². The maximum Gasteiger partial charge on any atom is 0.267 e. The van der Waals surface area contributed by atoms with Gasteiger partial charge in [0, 0.05) is 16.9 Å². The maximum atomic E-state index is 12.5. The Kier molecular flexibility index (Phi) is 2.94. The Morgan fingerprint density at radius 3 is 2.25 bits per heavy atom. The summed E-state index contributed by atoms with van der Waals surface area (Å²) in [7, 11) is 0. The number of aromatic nitrogens is 1. The Labute approximate surface area is 124 Å². The number of hydrogen-bond acceptors (Lipinski definition) is 3. The van der Waals surface area contributed by atoms with Crippen molar-refractivity contribution >= 4 is 33.4 Å². The highest BCUT2D eigenvalue weighted by atomic mass is 79.9. The summed E-state index contributed by atoms with van der Waals surface area (Å²) in [5.74, 6) is -0.604. The molecule has 0 unspecified atom stereocenters. The van der Waals surface area contributed by atoms with E-state index in [9.17, 15) is 9.59 Å². The van der Waals surface area contributed by atoms with Gasteiger partial charge in [-0.1, -0.05) is 15.9 Å². The normalized spacial score (nSPS) is 13.8. The first-order valence-corrected chi connectivity index (χ1v) is 6.89. The summed E-state index contributed by atoms with van der Waals surface area (Å²) >= 11 is 3.42. The van der Waals surface area contributed by atoms with Gasteiger partial charge in [-0.2, -0.15) is 0 Å². The van der Waals surface area contributed by atoms with Gasteiger partial charge in [-0.3, -0.25) is 14.6 Å². The molecule has 1 aromatic heterocycles. The second-order valence-corrected chi connectivity index (χ2v) is 5.67. The van der Waals surface area contributed by atoms with Crippen molar-refractivity contribution in [3.8, 4) is 0 Å². The van der Waals surface area contributed by atoms with Crippen LogP contribution in [-0.2, 0) is 0 Å². The smallest absolute Gasteiger partial charge is 0.267 e. The molecule has 0 aliphatic carbocycles. The van der Waals surface area contributed by atoms with E-state index < -0.39 is 0 Å². The summed E-state index contributed by atoms with van der Waals surface area (Å²) < 4.78 is 0.925. The Morgan fingerprint density at radius 2 is 1.65 bits per heavy atom. The number of amides is 2. The fourth-order valence-electron chi connectivity index (χ4n) is 2.54. The van der Waals surface area contributed by atoms with Crippen LogP contribution in [0.3, 0.4) is 0 Å². The molecule has 4 nitrogen and oxygen atoms in total. The number of hydrogen-bond donors (Lipinski definition) is 0. The lowest BCUT2D eigenvalue weighted by Crippen LogP contribution is -2.30. The first-order chi connectivity index (χ1) is 9.50. The molecule has 1 aliphatic rings. The van der Waals surface area contributed by atoms with Crippen LogP contribution in [0.25, 0.3) is 0 Å². The van der Waals surface area contributed by atoms with Crippen LogP contribution in [0.2, 0.25) is 0 Å². The van der Waals surface area contributed by atoms with Gasteiger partial charge in [0.05, 0.1) is 16.8 Å². The molecule has 0 saturated heterocycles. The number of fused-ring (bicyclic) bond motifs is 1. The van der Waals surface area contributed by atoms with Crippen molar-refractivity contribution in [2.45, 2.75) is 13.8 Å². The van der Waals surface area contributed by atoms with Gasteiger partial charge in [-0.05, 0) is 43.2 Å². The number of halogens is 1. The van der Waals surface area contributed by atoms with E-state index in [2.05, 4.69) is 20.9 Å². The number of benzene rings is 1. The third-order valence-corrected chi connectivity index (χ3v) is 3.83. The summed E-state index contributed by atoms with van der Waals surface area (Å²) in [5.41, 5.74) is 3.17. The van der Waals surface area contributed by atoms with Gasteiger partial charge in [0.2, 0.25) is 0 Å². The molecule has 1 aromatic carbocycles. The van der Waals surface area contributed by atoms with Crippen molar-refractivity contribution in [1.29, 1.82) is 0 Å². The van der Waals surface area contributed by atoms with E-state index in [1.165, 1.54) is 17.3 Å². The quantitative estimate of drug-likeness (QED) is 0.754. The molecule has 3 rings (SSSR count). The van der Waals surface area contributed by atoms with Gasteiger partial charge >= 0.3 is 0 Å². The molecule has 2 amide bonds. The summed E-state index contributed by atoms with van der Waals surface area (Å²) in [6, 6.07) is 5.37. The molecule has 20 heavy (non-hydrogen) atoms. The molecule has 0 saturated carbocycles. The van der Waals surface area contributed by atoms with Crippen molar-refractivity contribution < 1.29 is 9.59 Å². The molecule has 5 heteroatoms. The fourth-order valence-corrected chi connectivity index (χ4v) is 3.23. The van der Waals surface area contributed by atoms with Crippen LogP contribution < -0.4 is 4.90 Å². The number of aryl methyl sites for hydroxylation is 2. The van der Waals surface area contributed by atoms with E-state index in [1.807, 2.05) is 26.0 Å². The minimum atomic E-state index is -0.313. The summed E-state index contributed by atoms with van der Waals surface area (Å²) in [6.07, 6.45) is 2.97. The number of anilines is 1. The van der Waals surface area contributed by atoms with Gasteiger partial charge < -0.3 is 0 Å². The Balaban J connectivity index is 2.19. The Hall–Kier alpha value is -2.01. The standard InChI is InChI=1S/C15H11BrN2O2/c1-8-5-10(16)6-9(2)13(8)18-14(19)11-3-4-17-7-12(11)15(18)20/h3-7H,1-2H3. The first kappa shape index (κ1) is 13.0. The van der Waals surface area contributed by atoms with E-state index in [0.29, 0.717) is 16.8 Å². The number of pyridine rings is 1. The SMILES string of the molecule is Cc1cc(Br)cc(C)c1N1C(=O)c2ccncc2C1=O. The molecule has 0 N–H and O–H groups in total. The fraction of sp³-hybridized carbons (Fsp3) is 0.133. The molecule has 2 heterocycles. The lowest BCUT2D eigenvalue weighted by molar-refractivity contribution is 0.0925. The lowest BCUT2D eigenvalue weighted by atomic mass is 10.1. The highest BCUT2D eigenvalue weighted by Gasteiger charge is 2.38. The predicted molar refractivity (Wildman–Crippen MR) is 79.0 cm³/mol. The van der Waals surface area contributed by atoms with Crippen molar-refractivity contribution in [3.63, 3.8) is 0 Å². The van der Waals surface area contributed by atoms with Crippen LogP contribution in [0.15, 0.2) is 35.1 Å². The molecule has 100 valence electrons. The predicted octanol–water partition coefficient (Wildman–Crippen LogP) is 3.26. The molecule has 0 spiro atoms. The van der Waals surface area contributed by atoms with Crippen molar-refractivity contribution in [1.82, 2.24) is 4.98 Å². The first-order valence-electron chi connectivity index (χ1n) is 6.10. The Morgan fingerprint density at radius 1 is 1.05 bits per heavy atom. The number of rotatable bonds is 1. The third kappa shape index (κ3) is 1.78. The van der Waals surface area contributed by atoms with Crippen molar-refractivity contribution in [2.24, 2.45) is 0 Å². The molecule has 0 fully saturated rings. The zero-order valence-corrected chi connectivity index (χ0v) is 12.6. The van der Waals surface area contributed by atoms with E-state index in [-0.39, 0.29) is 11.8 Å². The number of nitrogens with zero attached hydrogens (tertiary/aromatic N) is 2. The average molecular weight is 331 g/mol. The molecule has 0 atom stereocenters. The molecule has 0 radical (unpaired) electrons. The summed E-state index contributed by atoms with van der Waals surface area (Å²) in [5, 5.41) is 0. The summed E-state index contributed by atoms with van der Waals surface area (Å²) in [6.45, 7) is 3.77. The third-order valence-electron chi connectivity index (χ3n) is 3.37. The largest absolute Gasteiger partial charge is 0.268 e. The second-order valence-electron chi connectivity index (χ2n) is 4.76. The van der Waals surface area contributed by atoms with Crippen molar-refractivity contribution in [2.75, 3.05) is 4.90 Å². The van der Waals surface area contributed by atoms with E-state index in [1.54, 1.807) is 6.07 Å². The molecule has 1 aliphatic heterocycles. The van der Waals surface area contributed by atoms with Crippen LogP contribution in [0.4, 0.5) is 5.69 Å². The van der Waals surface area contributed by atoms with E-state index in [4.69, 9.17) is 0 Å². The zero-order valence-electron chi connectivity index (χ0n) is 11.0. The van der Waals surface area contributed by atoms with E-state index >= 15 is 0 Å². The van der Waals surface area contributed by atoms with Gasteiger partial charge in [0.1, 0.15) is 0 Å². The highest BCUT2D eigenvalue weighted by Crippen LogP contribution is 2.34. The van der Waals surface area contributed by atoms with Crippen LogP contribution in [0.5, 0.6) is 0 Å². The molecule has 2 aromatic rings. The van der Waals surface area contributed by atoms with Gasteiger partial charge in [-0.25, -0.2) is 4.90 Å². The number of imide groups is 1. The van der Waals surface area contributed by atoms with E-state index in [0.717, 1.165) is 15.6 Å². The monoisotopic (exact) mass is 330 g/mol. The maximum absolute atomic E-state index is 12.5. The number of carbonyl (C=O) groups is 2. The highest BCUT2D eigenvalue weighted by molar-refractivity contribution is 9.10. The van der Waals surface area contributed by atoms with Crippen LogP contribution >= 0.6 is 15.9 Å². The topological polar surface area (TPSA) is 50.3 Å². The lowest BCUT2D eigenvalue weighted by Gasteiger charge is -2.19. The Bertz CT molecular complexity index is 697. The summed E-state index contributed by atoms with van der Waals surface area (Å²) in [4.78, 5) is 30.1. The minimum Gasteiger partial charge on any atom is -0.268 e. The van der Waals surface area contributed by atoms with Crippen LogP contribution in [0, 0.1) is 13.8 Å². The van der Waals surface area contributed by atoms with Crippen LogP contribution in [0.1, 0.15) is 31.8 Å². The zero-order chi connectivity index (χ0) is 14.4. The number of carbonyl (C=O) groups excluding carboxylic acids is 2. The minimum absolute atomic E-state index is 0.291. The van der Waals surface area contributed by atoms with Gasteiger partial charge in [-0.15, -0.1) is 0 Å².